The van der Waals surface area contributed by atoms with E-state index in [1.165, 1.54) is 12.1 Å². The second kappa shape index (κ2) is 4.82. The molecule has 7 heteroatoms. The number of hydrogen-bond acceptors (Lipinski definition) is 5. The van der Waals surface area contributed by atoms with Gasteiger partial charge in [-0.15, -0.1) is 0 Å². The van der Waals surface area contributed by atoms with Crippen molar-refractivity contribution in [3.05, 3.63) is 41.3 Å². The van der Waals surface area contributed by atoms with Crippen molar-refractivity contribution in [1.29, 1.82) is 0 Å². The van der Waals surface area contributed by atoms with Gasteiger partial charge in [0.15, 0.2) is 12.4 Å². The van der Waals surface area contributed by atoms with Crippen LogP contribution in [0.4, 0.5) is 4.39 Å². The van der Waals surface area contributed by atoms with Crippen LogP contribution in [0.15, 0.2) is 22.7 Å². The van der Waals surface area contributed by atoms with E-state index in [1.54, 1.807) is 6.92 Å². The fraction of sp³-hybridized carbons (Fsp3) is 0.182. The molecular formula is C11H9FN2O4. The van der Waals surface area contributed by atoms with E-state index in [1.807, 2.05) is 0 Å². The van der Waals surface area contributed by atoms with E-state index in [0.29, 0.717) is 5.82 Å². The molecule has 0 unspecified atom stereocenters. The van der Waals surface area contributed by atoms with E-state index >= 15 is 0 Å². The van der Waals surface area contributed by atoms with E-state index in [0.717, 1.165) is 6.07 Å². The summed E-state index contributed by atoms with van der Waals surface area (Å²) < 4.78 is 23.3. The predicted molar refractivity (Wildman–Crippen MR) is 56.7 cm³/mol. The first-order valence-electron chi connectivity index (χ1n) is 5.01. The summed E-state index contributed by atoms with van der Waals surface area (Å²) in [6, 6.07) is 3.76. The Labute approximate surface area is 101 Å². The maximum absolute atomic E-state index is 13.3. The Morgan fingerprint density at radius 2 is 2.33 bits per heavy atom. The Hall–Kier alpha value is -2.44. The number of hydrogen-bond donors (Lipinski definition) is 1. The van der Waals surface area contributed by atoms with Gasteiger partial charge in [0.2, 0.25) is 0 Å². The monoisotopic (exact) mass is 252 g/mol. The maximum atomic E-state index is 13.3. The lowest BCUT2D eigenvalue weighted by atomic mass is 10.2. The number of carbonyl (C=O) groups is 1. The highest BCUT2D eigenvalue weighted by Crippen LogP contribution is 2.22. The van der Waals surface area contributed by atoms with Gasteiger partial charge in [0.1, 0.15) is 17.1 Å². The topological polar surface area (TPSA) is 85.5 Å². The van der Waals surface area contributed by atoms with Gasteiger partial charge in [-0.25, -0.2) is 9.18 Å². The number of aromatic carboxylic acids is 1. The van der Waals surface area contributed by atoms with Crippen molar-refractivity contribution in [3.63, 3.8) is 0 Å². The molecule has 0 saturated heterocycles. The van der Waals surface area contributed by atoms with Crippen molar-refractivity contribution in [2.24, 2.45) is 0 Å². The van der Waals surface area contributed by atoms with Crippen molar-refractivity contribution in [2.45, 2.75) is 13.5 Å². The summed E-state index contributed by atoms with van der Waals surface area (Å²) in [6.07, 6.45) is 0. The number of benzene rings is 1. The Morgan fingerprint density at radius 1 is 1.56 bits per heavy atom. The first-order valence-corrected chi connectivity index (χ1v) is 5.01. The van der Waals surface area contributed by atoms with Gasteiger partial charge in [-0.1, -0.05) is 11.2 Å². The summed E-state index contributed by atoms with van der Waals surface area (Å²) in [4.78, 5) is 14.8. The van der Waals surface area contributed by atoms with E-state index < -0.39 is 17.3 Å². The van der Waals surface area contributed by atoms with Crippen molar-refractivity contribution in [3.8, 4) is 5.75 Å². The van der Waals surface area contributed by atoms with Crippen LogP contribution in [-0.4, -0.2) is 21.2 Å². The molecule has 0 aliphatic rings. The summed E-state index contributed by atoms with van der Waals surface area (Å²) in [7, 11) is 0. The molecule has 2 rings (SSSR count). The lowest BCUT2D eigenvalue weighted by molar-refractivity contribution is 0.0685. The molecule has 0 aliphatic carbocycles. The minimum Gasteiger partial charge on any atom is -0.483 e. The van der Waals surface area contributed by atoms with Crippen LogP contribution in [0.1, 0.15) is 22.1 Å². The SMILES string of the molecule is Cc1noc(COc2cccc(F)c2C(=O)O)n1. The van der Waals surface area contributed by atoms with Gasteiger partial charge < -0.3 is 14.4 Å². The molecule has 6 nitrogen and oxygen atoms in total. The van der Waals surface area contributed by atoms with Crippen LogP contribution >= 0.6 is 0 Å². The summed E-state index contributed by atoms with van der Waals surface area (Å²) >= 11 is 0. The third kappa shape index (κ3) is 2.45. The van der Waals surface area contributed by atoms with Crippen molar-refractivity contribution < 1.29 is 23.6 Å². The number of halogens is 1. The molecule has 94 valence electrons. The average Bonchev–Trinajstić information content (AvgIpc) is 2.72. The van der Waals surface area contributed by atoms with E-state index in [9.17, 15) is 9.18 Å². The molecule has 0 spiro atoms. The summed E-state index contributed by atoms with van der Waals surface area (Å²) in [6.45, 7) is 1.52. The van der Waals surface area contributed by atoms with Crippen LogP contribution in [0.5, 0.6) is 5.75 Å². The van der Waals surface area contributed by atoms with Gasteiger partial charge in [0, 0.05) is 0 Å². The predicted octanol–water partition coefficient (Wildman–Crippen LogP) is 1.79. The van der Waals surface area contributed by atoms with Crippen molar-refractivity contribution in [1.82, 2.24) is 10.1 Å². The van der Waals surface area contributed by atoms with E-state index in [-0.39, 0.29) is 18.2 Å². The van der Waals surface area contributed by atoms with Crippen LogP contribution in [-0.2, 0) is 6.61 Å². The quantitative estimate of drug-likeness (QED) is 0.892. The van der Waals surface area contributed by atoms with Gasteiger partial charge in [0.05, 0.1) is 0 Å². The van der Waals surface area contributed by atoms with Gasteiger partial charge in [-0.2, -0.15) is 4.98 Å². The molecule has 0 fully saturated rings. The van der Waals surface area contributed by atoms with Crippen LogP contribution in [0, 0.1) is 12.7 Å². The fourth-order valence-electron chi connectivity index (χ4n) is 1.37. The van der Waals surface area contributed by atoms with E-state index in [2.05, 4.69) is 10.1 Å². The third-order valence-corrected chi connectivity index (χ3v) is 2.11. The largest absolute Gasteiger partial charge is 0.483 e. The minimum atomic E-state index is -1.40. The zero-order valence-corrected chi connectivity index (χ0v) is 9.38. The zero-order valence-electron chi connectivity index (χ0n) is 9.38. The van der Waals surface area contributed by atoms with Gasteiger partial charge in [-0.3, -0.25) is 0 Å². The lowest BCUT2D eigenvalue weighted by Crippen LogP contribution is -2.06. The molecule has 2 aromatic rings. The summed E-state index contributed by atoms with van der Waals surface area (Å²) in [5.41, 5.74) is -0.520. The number of aryl methyl sites for hydroxylation is 1. The molecule has 1 N–H and O–H groups in total. The highest BCUT2D eigenvalue weighted by molar-refractivity contribution is 5.91. The lowest BCUT2D eigenvalue weighted by Gasteiger charge is -2.07. The Balaban J connectivity index is 2.19. The smallest absolute Gasteiger partial charge is 0.342 e. The number of ether oxygens (including phenoxy) is 1. The molecule has 0 atom stereocenters. The number of nitrogens with zero attached hydrogens (tertiary/aromatic N) is 2. The molecule has 1 aromatic heterocycles. The average molecular weight is 252 g/mol. The zero-order chi connectivity index (χ0) is 13.1. The summed E-state index contributed by atoms with van der Waals surface area (Å²) in [5, 5.41) is 12.4. The number of aromatic nitrogens is 2. The van der Waals surface area contributed by atoms with Crippen LogP contribution in [0.3, 0.4) is 0 Å². The number of rotatable bonds is 4. The van der Waals surface area contributed by atoms with Gasteiger partial charge in [-0.05, 0) is 19.1 Å². The number of carboxylic acid groups (broad SMARTS) is 1. The molecule has 0 bridgehead atoms. The maximum Gasteiger partial charge on any atom is 0.342 e. The Kier molecular flexibility index (Phi) is 3.22. The highest BCUT2D eigenvalue weighted by atomic mass is 19.1. The summed E-state index contributed by atoms with van der Waals surface area (Å²) in [5.74, 6) is -1.72. The van der Waals surface area contributed by atoms with Crippen molar-refractivity contribution in [2.75, 3.05) is 0 Å². The van der Waals surface area contributed by atoms with Crippen LogP contribution in [0.2, 0.25) is 0 Å². The molecule has 1 heterocycles. The minimum absolute atomic E-state index is 0.0849. The molecular weight excluding hydrogens is 243 g/mol. The molecule has 0 aliphatic heterocycles. The Morgan fingerprint density at radius 3 is 2.94 bits per heavy atom. The first-order chi connectivity index (χ1) is 8.58. The van der Waals surface area contributed by atoms with Crippen molar-refractivity contribution >= 4 is 5.97 Å². The molecule has 18 heavy (non-hydrogen) atoms. The van der Waals surface area contributed by atoms with Gasteiger partial charge >= 0.3 is 5.97 Å². The normalized spacial score (nSPS) is 10.3. The number of carboxylic acids is 1. The van der Waals surface area contributed by atoms with Crippen LogP contribution < -0.4 is 4.74 Å². The molecule has 0 radical (unpaired) electrons. The van der Waals surface area contributed by atoms with Gasteiger partial charge in [0.25, 0.3) is 5.89 Å². The molecule has 0 amide bonds. The fourth-order valence-corrected chi connectivity index (χ4v) is 1.37. The van der Waals surface area contributed by atoms with Crippen LogP contribution in [0.25, 0.3) is 0 Å². The second-order valence-electron chi connectivity index (χ2n) is 3.44. The second-order valence-corrected chi connectivity index (χ2v) is 3.44. The van der Waals surface area contributed by atoms with E-state index in [4.69, 9.17) is 14.4 Å². The first kappa shape index (κ1) is 12.0. The molecule has 0 saturated carbocycles. The molecule has 1 aromatic carbocycles. The third-order valence-electron chi connectivity index (χ3n) is 2.11. The standard InChI is InChI=1S/C11H9FN2O4/c1-6-13-9(18-14-6)5-17-8-4-2-3-7(12)10(8)11(15)16/h2-4H,5H2,1H3,(H,15,16). The highest BCUT2D eigenvalue weighted by Gasteiger charge is 2.17. The Bertz CT molecular complexity index is 582.